The predicted octanol–water partition coefficient (Wildman–Crippen LogP) is 6.35. The highest BCUT2D eigenvalue weighted by atomic mass is 16.5. The molecular formula is C27H26O4. The molecule has 0 atom stereocenters. The minimum absolute atomic E-state index is 0.0734. The minimum atomic E-state index is -0.0734. The van der Waals surface area contributed by atoms with Gasteiger partial charge in [-0.25, -0.2) is 0 Å². The zero-order valence-corrected chi connectivity index (χ0v) is 18.3. The molecule has 0 radical (unpaired) electrons. The van der Waals surface area contributed by atoms with Gasteiger partial charge in [0.25, 0.3) is 0 Å². The highest BCUT2D eigenvalue weighted by Crippen LogP contribution is 2.26. The van der Waals surface area contributed by atoms with Crippen molar-refractivity contribution in [2.24, 2.45) is 0 Å². The van der Waals surface area contributed by atoms with Gasteiger partial charge in [0.2, 0.25) is 0 Å². The second-order valence-corrected chi connectivity index (χ2v) is 8.60. The zero-order chi connectivity index (χ0) is 22.0. The molecule has 0 aliphatic rings. The SMILES string of the molecule is COc1ccc(-c2coc3cc(OCc4ccc(C(C)(C)C)cc4)ccc3c2=O)cc1. The molecule has 4 nitrogen and oxygen atoms in total. The van der Waals surface area contributed by atoms with Crippen LogP contribution < -0.4 is 14.9 Å². The molecule has 158 valence electrons. The van der Waals surface area contributed by atoms with Crippen LogP contribution >= 0.6 is 0 Å². The molecule has 0 saturated heterocycles. The van der Waals surface area contributed by atoms with E-state index in [0.717, 1.165) is 16.9 Å². The Morgan fingerprint density at radius 2 is 1.55 bits per heavy atom. The fraction of sp³-hybridized carbons (Fsp3) is 0.222. The third-order valence-electron chi connectivity index (χ3n) is 5.37. The third kappa shape index (κ3) is 4.48. The number of hydrogen-bond donors (Lipinski definition) is 0. The van der Waals surface area contributed by atoms with Crippen molar-refractivity contribution in [1.82, 2.24) is 0 Å². The van der Waals surface area contributed by atoms with E-state index in [1.54, 1.807) is 25.3 Å². The zero-order valence-electron chi connectivity index (χ0n) is 18.3. The van der Waals surface area contributed by atoms with Crippen LogP contribution in [0.2, 0.25) is 0 Å². The molecule has 0 amide bonds. The van der Waals surface area contributed by atoms with Crippen molar-refractivity contribution < 1.29 is 13.9 Å². The third-order valence-corrected chi connectivity index (χ3v) is 5.37. The maximum absolute atomic E-state index is 13.0. The maximum atomic E-state index is 13.0. The van der Waals surface area contributed by atoms with Crippen molar-refractivity contribution in [3.63, 3.8) is 0 Å². The van der Waals surface area contributed by atoms with Crippen molar-refractivity contribution in [2.45, 2.75) is 32.8 Å². The van der Waals surface area contributed by atoms with Crippen LogP contribution in [0.25, 0.3) is 22.1 Å². The largest absolute Gasteiger partial charge is 0.497 e. The first kappa shape index (κ1) is 20.7. The van der Waals surface area contributed by atoms with Gasteiger partial charge in [0.05, 0.1) is 18.1 Å². The monoisotopic (exact) mass is 414 g/mol. The van der Waals surface area contributed by atoms with E-state index in [9.17, 15) is 4.79 Å². The number of fused-ring (bicyclic) bond motifs is 1. The summed E-state index contributed by atoms with van der Waals surface area (Å²) in [5, 5.41) is 0.523. The molecule has 31 heavy (non-hydrogen) atoms. The van der Waals surface area contributed by atoms with Crippen LogP contribution in [0.4, 0.5) is 0 Å². The fourth-order valence-electron chi connectivity index (χ4n) is 3.44. The van der Waals surface area contributed by atoms with E-state index < -0.39 is 0 Å². The van der Waals surface area contributed by atoms with Gasteiger partial charge in [0.15, 0.2) is 5.43 Å². The number of rotatable bonds is 5. The van der Waals surface area contributed by atoms with Gasteiger partial charge in [-0.2, -0.15) is 0 Å². The van der Waals surface area contributed by atoms with Gasteiger partial charge in [0, 0.05) is 6.07 Å². The van der Waals surface area contributed by atoms with Crippen LogP contribution in [0, 0.1) is 0 Å². The van der Waals surface area contributed by atoms with Gasteiger partial charge in [-0.15, -0.1) is 0 Å². The first-order valence-electron chi connectivity index (χ1n) is 10.3. The summed E-state index contributed by atoms with van der Waals surface area (Å²) in [4.78, 5) is 13.0. The summed E-state index contributed by atoms with van der Waals surface area (Å²) in [6, 6.07) is 21.1. The molecule has 0 fully saturated rings. The van der Waals surface area contributed by atoms with E-state index in [1.807, 2.05) is 24.3 Å². The quantitative estimate of drug-likeness (QED) is 0.382. The fourth-order valence-corrected chi connectivity index (χ4v) is 3.44. The molecule has 0 bridgehead atoms. The number of methoxy groups -OCH3 is 1. The van der Waals surface area contributed by atoms with Crippen molar-refractivity contribution in [1.29, 1.82) is 0 Å². The highest BCUT2D eigenvalue weighted by molar-refractivity contribution is 5.82. The van der Waals surface area contributed by atoms with Crippen LogP contribution in [-0.2, 0) is 12.0 Å². The first-order chi connectivity index (χ1) is 14.8. The Morgan fingerprint density at radius 1 is 0.871 bits per heavy atom. The Labute approximate surface area is 182 Å². The van der Waals surface area contributed by atoms with Crippen molar-refractivity contribution in [3.05, 3.63) is 94.3 Å². The number of hydrogen-bond acceptors (Lipinski definition) is 4. The highest BCUT2D eigenvalue weighted by Gasteiger charge is 2.13. The van der Waals surface area contributed by atoms with E-state index >= 15 is 0 Å². The topological polar surface area (TPSA) is 48.7 Å². The second-order valence-electron chi connectivity index (χ2n) is 8.60. The lowest BCUT2D eigenvalue weighted by Crippen LogP contribution is -2.10. The van der Waals surface area contributed by atoms with Crippen LogP contribution in [0.1, 0.15) is 31.9 Å². The molecule has 0 spiro atoms. The Morgan fingerprint density at radius 3 is 2.19 bits per heavy atom. The Hall–Kier alpha value is -3.53. The van der Waals surface area contributed by atoms with E-state index in [-0.39, 0.29) is 10.8 Å². The summed E-state index contributed by atoms with van der Waals surface area (Å²) in [7, 11) is 1.61. The Bertz CT molecular complexity index is 1240. The number of benzene rings is 3. The molecule has 0 unspecified atom stereocenters. The molecule has 3 aromatic carbocycles. The molecule has 0 N–H and O–H groups in total. The summed E-state index contributed by atoms with van der Waals surface area (Å²) in [5.74, 6) is 1.40. The summed E-state index contributed by atoms with van der Waals surface area (Å²) < 4.78 is 16.9. The molecule has 4 rings (SSSR count). The van der Waals surface area contributed by atoms with Gasteiger partial charge in [-0.3, -0.25) is 4.79 Å². The summed E-state index contributed by atoms with van der Waals surface area (Å²) in [6.45, 7) is 7.04. The van der Waals surface area contributed by atoms with Gasteiger partial charge in [0.1, 0.15) is 30.0 Å². The second kappa shape index (κ2) is 8.31. The normalized spacial score (nSPS) is 11.5. The smallest absolute Gasteiger partial charge is 0.200 e. The van der Waals surface area contributed by atoms with Crippen molar-refractivity contribution in [3.8, 4) is 22.6 Å². The molecular weight excluding hydrogens is 388 g/mol. The lowest BCUT2D eigenvalue weighted by molar-refractivity contribution is 0.306. The maximum Gasteiger partial charge on any atom is 0.200 e. The van der Waals surface area contributed by atoms with E-state index in [2.05, 4.69) is 45.0 Å². The van der Waals surface area contributed by atoms with Crippen molar-refractivity contribution in [2.75, 3.05) is 7.11 Å². The lowest BCUT2D eigenvalue weighted by Gasteiger charge is -2.19. The summed E-state index contributed by atoms with van der Waals surface area (Å²) in [5.41, 5.74) is 4.23. The molecule has 1 aromatic heterocycles. The van der Waals surface area contributed by atoms with Gasteiger partial charge in [-0.05, 0) is 46.4 Å². The summed E-state index contributed by atoms with van der Waals surface area (Å²) in [6.07, 6.45) is 1.50. The Kier molecular flexibility index (Phi) is 5.55. The van der Waals surface area contributed by atoms with E-state index in [1.165, 1.54) is 11.8 Å². The first-order valence-corrected chi connectivity index (χ1v) is 10.3. The van der Waals surface area contributed by atoms with Crippen LogP contribution in [0.15, 0.2) is 82.2 Å². The molecule has 4 aromatic rings. The van der Waals surface area contributed by atoms with E-state index in [4.69, 9.17) is 13.9 Å². The van der Waals surface area contributed by atoms with Gasteiger partial charge in [-0.1, -0.05) is 57.2 Å². The average molecular weight is 415 g/mol. The predicted molar refractivity (Wildman–Crippen MR) is 124 cm³/mol. The molecule has 4 heteroatoms. The van der Waals surface area contributed by atoms with Crippen LogP contribution in [-0.4, -0.2) is 7.11 Å². The van der Waals surface area contributed by atoms with Crippen molar-refractivity contribution >= 4 is 11.0 Å². The van der Waals surface area contributed by atoms with E-state index in [0.29, 0.717) is 28.9 Å². The van der Waals surface area contributed by atoms with Crippen LogP contribution in [0.5, 0.6) is 11.5 Å². The number of ether oxygens (including phenoxy) is 2. The molecule has 0 aliphatic heterocycles. The van der Waals surface area contributed by atoms with Gasteiger partial charge >= 0.3 is 0 Å². The Balaban J connectivity index is 1.54. The standard InChI is InChI=1S/C27H26O4/c1-27(2,3)20-9-5-18(6-10-20)16-30-22-13-14-23-25(15-22)31-17-24(26(23)28)19-7-11-21(29-4)12-8-19/h5-15,17H,16H2,1-4H3. The molecule has 0 aliphatic carbocycles. The summed E-state index contributed by atoms with van der Waals surface area (Å²) >= 11 is 0. The molecule has 0 saturated carbocycles. The minimum Gasteiger partial charge on any atom is -0.497 e. The average Bonchev–Trinajstić information content (AvgIpc) is 2.78. The van der Waals surface area contributed by atoms with Crippen LogP contribution in [0.3, 0.4) is 0 Å². The van der Waals surface area contributed by atoms with Gasteiger partial charge < -0.3 is 13.9 Å². The molecule has 1 heterocycles. The lowest BCUT2D eigenvalue weighted by atomic mass is 9.87.